The van der Waals surface area contributed by atoms with E-state index in [0.717, 1.165) is 5.56 Å². The molecule has 0 aliphatic rings. The Hall–Kier alpha value is -3.35. The molecule has 0 aromatic heterocycles. The van der Waals surface area contributed by atoms with Crippen molar-refractivity contribution >= 4 is 41.2 Å². The molecule has 2 amide bonds. The summed E-state index contributed by atoms with van der Waals surface area (Å²) in [5.74, 6) is 0.0101. The molecule has 6 nitrogen and oxygen atoms in total. The number of ether oxygens (including phenoxy) is 1. The first-order valence-corrected chi connectivity index (χ1v) is 11.9. The van der Waals surface area contributed by atoms with Crippen molar-refractivity contribution in [2.45, 2.75) is 32.9 Å². The molecule has 0 saturated heterocycles. The summed E-state index contributed by atoms with van der Waals surface area (Å²) in [4.78, 5) is 25.4. The summed E-state index contributed by atoms with van der Waals surface area (Å²) in [5, 5.41) is 8.04. The van der Waals surface area contributed by atoms with Gasteiger partial charge in [-0.25, -0.2) is 5.43 Å². The van der Waals surface area contributed by atoms with E-state index < -0.39 is 11.9 Å². The van der Waals surface area contributed by atoms with Gasteiger partial charge in [-0.05, 0) is 54.8 Å². The largest absolute Gasteiger partial charge is 0.488 e. The highest BCUT2D eigenvalue weighted by molar-refractivity contribution is 6.31. The van der Waals surface area contributed by atoms with Crippen molar-refractivity contribution in [1.29, 1.82) is 0 Å². The van der Waals surface area contributed by atoms with E-state index in [0.29, 0.717) is 39.9 Å². The number of halogens is 2. The molecule has 0 bridgehead atoms. The number of para-hydroxylation sites is 1. The van der Waals surface area contributed by atoms with E-state index in [1.165, 1.54) is 6.21 Å². The highest BCUT2D eigenvalue weighted by atomic mass is 35.5. The Morgan fingerprint density at radius 1 is 0.971 bits per heavy atom. The molecule has 0 saturated carbocycles. The number of hydrogen-bond acceptors (Lipinski definition) is 4. The van der Waals surface area contributed by atoms with Gasteiger partial charge >= 0.3 is 0 Å². The second-order valence-corrected chi connectivity index (χ2v) is 9.16. The Morgan fingerprint density at radius 2 is 1.66 bits per heavy atom. The summed E-state index contributed by atoms with van der Waals surface area (Å²) < 4.78 is 5.92. The number of benzene rings is 3. The summed E-state index contributed by atoms with van der Waals surface area (Å²) in [6.07, 6.45) is 1.96. The van der Waals surface area contributed by atoms with Gasteiger partial charge < -0.3 is 10.1 Å². The van der Waals surface area contributed by atoms with Crippen LogP contribution in [0.2, 0.25) is 10.0 Å². The molecule has 35 heavy (non-hydrogen) atoms. The first-order valence-electron chi connectivity index (χ1n) is 11.2. The smallest absolute Gasteiger partial charge is 0.262 e. The molecule has 0 heterocycles. The Balaban J connectivity index is 1.64. The molecule has 0 spiro atoms. The van der Waals surface area contributed by atoms with Crippen LogP contribution >= 0.6 is 23.2 Å². The zero-order valence-electron chi connectivity index (χ0n) is 19.5. The molecule has 2 N–H and O–H groups in total. The van der Waals surface area contributed by atoms with Crippen LogP contribution in [-0.4, -0.2) is 24.1 Å². The lowest BCUT2D eigenvalue weighted by Crippen LogP contribution is -2.46. The predicted octanol–water partition coefficient (Wildman–Crippen LogP) is 5.87. The number of hydrogen-bond donors (Lipinski definition) is 2. The van der Waals surface area contributed by atoms with Crippen molar-refractivity contribution in [2.24, 2.45) is 11.0 Å². The van der Waals surface area contributed by atoms with Gasteiger partial charge in [0.15, 0.2) is 0 Å². The maximum absolute atomic E-state index is 12.8. The summed E-state index contributed by atoms with van der Waals surface area (Å²) in [5.41, 5.74) is 4.50. The van der Waals surface area contributed by atoms with E-state index in [1.54, 1.807) is 24.3 Å². The van der Waals surface area contributed by atoms with Crippen molar-refractivity contribution in [3.8, 4) is 5.75 Å². The highest BCUT2D eigenvalue weighted by Gasteiger charge is 2.22. The van der Waals surface area contributed by atoms with Crippen LogP contribution in [0.5, 0.6) is 5.75 Å². The molecule has 0 radical (unpaired) electrons. The van der Waals surface area contributed by atoms with Crippen molar-refractivity contribution in [2.75, 3.05) is 0 Å². The average molecular weight is 512 g/mol. The topological polar surface area (TPSA) is 79.8 Å². The van der Waals surface area contributed by atoms with Gasteiger partial charge in [0.1, 0.15) is 18.4 Å². The molecule has 1 unspecified atom stereocenters. The van der Waals surface area contributed by atoms with Crippen LogP contribution in [0, 0.1) is 5.92 Å². The lowest BCUT2D eigenvalue weighted by molar-refractivity contribution is -0.123. The molecule has 3 rings (SSSR count). The SMILES string of the molecule is CC(C)CC(NC(=O)c1ccc(Cl)cc1)C(=O)N/N=C/c1ccccc1OCc1ccccc1Cl. The Kier molecular flexibility index (Phi) is 9.70. The van der Waals surface area contributed by atoms with Crippen LogP contribution in [0.1, 0.15) is 41.8 Å². The van der Waals surface area contributed by atoms with Gasteiger partial charge in [-0.15, -0.1) is 0 Å². The van der Waals surface area contributed by atoms with Gasteiger partial charge in [0, 0.05) is 26.7 Å². The third kappa shape index (κ3) is 8.12. The van der Waals surface area contributed by atoms with Gasteiger partial charge in [-0.3, -0.25) is 9.59 Å². The lowest BCUT2D eigenvalue weighted by atomic mass is 10.0. The van der Waals surface area contributed by atoms with E-state index in [4.69, 9.17) is 27.9 Å². The normalized spacial score (nSPS) is 11.9. The maximum atomic E-state index is 12.8. The number of rotatable bonds is 10. The minimum Gasteiger partial charge on any atom is -0.488 e. The molecule has 1 atom stereocenters. The third-order valence-electron chi connectivity index (χ3n) is 5.07. The molecule has 0 aliphatic carbocycles. The van der Waals surface area contributed by atoms with Crippen LogP contribution in [0.25, 0.3) is 0 Å². The van der Waals surface area contributed by atoms with Crippen LogP contribution in [0.4, 0.5) is 0 Å². The van der Waals surface area contributed by atoms with Gasteiger partial charge in [0.05, 0.1) is 6.21 Å². The molecule has 8 heteroatoms. The number of hydrazone groups is 1. The molecule has 3 aromatic rings. The standard InChI is InChI=1S/C27H27Cl2N3O3/c1-18(2)15-24(31-26(33)19-11-13-22(28)14-12-19)27(34)32-30-16-20-7-4-6-10-25(20)35-17-21-8-3-5-9-23(21)29/h3-14,16,18,24H,15,17H2,1-2H3,(H,31,33)(H,32,34)/b30-16+. The second-order valence-electron chi connectivity index (χ2n) is 8.31. The van der Waals surface area contributed by atoms with E-state index in [9.17, 15) is 9.59 Å². The third-order valence-corrected chi connectivity index (χ3v) is 5.69. The zero-order valence-corrected chi connectivity index (χ0v) is 21.0. The van der Waals surface area contributed by atoms with Crippen molar-refractivity contribution in [1.82, 2.24) is 10.7 Å². The van der Waals surface area contributed by atoms with Crippen LogP contribution in [0.15, 0.2) is 77.9 Å². The monoisotopic (exact) mass is 511 g/mol. The van der Waals surface area contributed by atoms with Gasteiger partial charge in [-0.1, -0.05) is 67.4 Å². The molecule has 182 valence electrons. The Labute approximate surface area is 215 Å². The summed E-state index contributed by atoms with van der Waals surface area (Å²) >= 11 is 12.1. The Morgan fingerprint density at radius 3 is 2.37 bits per heavy atom. The molecule has 0 aliphatic heterocycles. The van der Waals surface area contributed by atoms with E-state index in [1.807, 2.05) is 62.4 Å². The number of nitrogens with zero attached hydrogens (tertiary/aromatic N) is 1. The number of carbonyl (C=O) groups excluding carboxylic acids is 2. The molecular formula is C27H27Cl2N3O3. The fourth-order valence-corrected chi connectivity index (χ4v) is 3.59. The van der Waals surface area contributed by atoms with Gasteiger partial charge in [0.25, 0.3) is 11.8 Å². The van der Waals surface area contributed by atoms with Crippen LogP contribution in [0.3, 0.4) is 0 Å². The Bertz CT molecular complexity index is 1180. The number of nitrogens with one attached hydrogen (secondary N) is 2. The van der Waals surface area contributed by atoms with E-state index in [2.05, 4.69) is 15.8 Å². The summed E-state index contributed by atoms with van der Waals surface area (Å²) in [6.45, 7) is 4.25. The minimum atomic E-state index is -0.748. The number of carbonyl (C=O) groups is 2. The fraction of sp³-hybridized carbons (Fsp3) is 0.222. The summed E-state index contributed by atoms with van der Waals surface area (Å²) in [7, 11) is 0. The van der Waals surface area contributed by atoms with Crippen molar-refractivity contribution in [3.63, 3.8) is 0 Å². The zero-order chi connectivity index (χ0) is 25.2. The number of amides is 2. The van der Waals surface area contributed by atoms with Gasteiger partial charge in [0.2, 0.25) is 0 Å². The van der Waals surface area contributed by atoms with E-state index in [-0.39, 0.29) is 11.8 Å². The van der Waals surface area contributed by atoms with Crippen molar-refractivity contribution < 1.29 is 14.3 Å². The first-order chi connectivity index (χ1) is 16.8. The van der Waals surface area contributed by atoms with Crippen LogP contribution in [-0.2, 0) is 11.4 Å². The fourth-order valence-electron chi connectivity index (χ4n) is 3.28. The lowest BCUT2D eigenvalue weighted by Gasteiger charge is -2.19. The van der Waals surface area contributed by atoms with Crippen LogP contribution < -0.4 is 15.5 Å². The minimum absolute atomic E-state index is 0.180. The first kappa shape index (κ1) is 26.3. The average Bonchev–Trinajstić information content (AvgIpc) is 2.84. The van der Waals surface area contributed by atoms with Gasteiger partial charge in [-0.2, -0.15) is 5.10 Å². The summed E-state index contributed by atoms with van der Waals surface area (Å²) in [6, 6.07) is 20.5. The van der Waals surface area contributed by atoms with Crippen molar-refractivity contribution in [3.05, 3.63) is 99.5 Å². The highest BCUT2D eigenvalue weighted by Crippen LogP contribution is 2.21. The second kappa shape index (κ2) is 12.9. The molecular weight excluding hydrogens is 485 g/mol. The maximum Gasteiger partial charge on any atom is 0.262 e. The van der Waals surface area contributed by atoms with E-state index >= 15 is 0 Å². The molecule has 0 fully saturated rings. The molecule has 3 aromatic carbocycles. The predicted molar refractivity (Wildman–Crippen MR) is 140 cm³/mol. The quantitative estimate of drug-likeness (QED) is 0.264.